The first-order valence-electron chi connectivity index (χ1n) is 7.44. The Balaban J connectivity index is 1.73. The molecule has 2 aliphatic rings. The molecule has 0 unspecified atom stereocenters. The molecule has 4 nitrogen and oxygen atoms in total. The van der Waals surface area contributed by atoms with Gasteiger partial charge in [0.05, 0.1) is 6.04 Å². The molecule has 2 amide bonds. The number of rotatable bonds is 3. The van der Waals surface area contributed by atoms with Crippen LogP contribution in [0.2, 0.25) is 0 Å². The van der Waals surface area contributed by atoms with Gasteiger partial charge in [-0.2, -0.15) is 0 Å². The summed E-state index contributed by atoms with van der Waals surface area (Å²) in [5.74, 6) is -0.165. The SMILES string of the molecule is O=C1OC[C@H](Cc2ccccc2)N1C(=O)[C@H]1CC=CCC1. The summed E-state index contributed by atoms with van der Waals surface area (Å²) in [4.78, 5) is 25.9. The van der Waals surface area contributed by atoms with Crippen molar-refractivity contribution in [2.45, 2.75) is 31.7 Å². The zero-order valence-electron chi connectivity index (χ0n) is 11.9. The number of nitrogens with zero attached hydrogens (tertiary/aromatic N) is 1. The molecule has 1 fully saturated rings. The molecular weight excluding hydrogens is 266 g/mol. The standard InChI is InChI=1S/C17H19NO3/c19-16(14-9-5-2-6-10-14)18-15(12-21-17(18)20)11-13-7-3-1-4-8-13/h1-5,7-8,14-15H,6,9-12H2/t14-,15-/m0/s1. The van der Waals surface area contributed by atoms with Gasteiger partial charge in [-0.15, -0.1) is 0 Å². The maximum absolute atomic E-state index is 12.6. The molecule has 0 aromatic heterocycles. The monoisotopic (exact) mass is 285 g/mol. The highest BCUT2D eigenvalue weighted by atomic mass is 16.6. The van der Waals surface area contributed by atoms with Gasteiger partial charge in [0.15, 0.2) is 0 Å². The smallest absolute Gasteiger partial charge is 0.416 e. The Labute approximate surface area is 124 Å². The molecule has 1 heterocycles. The fourth-order valence-electron chi connectivity index (χ4n) is 2.98. The van der Waals surface area contributed by atoms with E-state index < -0.39 is 6.09 Å². The summed E-state index contributed by atoms with van der Waals surface area (Å²) in [7, 11) is 0. The quantitative estimate of drug-likeness (QED) is 0.802. The number of amides is 2. The highest BCUT2D eigenvalue weighted by Gasteiger charge is 2.40. The molecule has 1 aliphatic heterocycles. The van der Waals surface area contributed by atoms with Gasteiger partial charge in [-0.05, 0) is 31.2 Å². The second-order valence-corrected chi connectivity index (χ2v) is 5.61. The van der Waals surface area contributed by atoms with Crippen molar-refractivity contribution in [1.29, 1.82) is 0 Å². The van der Waals surface area contributed by atoms with Gasteiger partial charge in [-0.1, -0.05) is 42.5 Å². The fraction of sp³-hybridized carbons (Fsp3) is 0.412. The van der Waals surface area contributed by atoms with Crippen molar-refractivity contribution in [3.63, 3.8) is 0 Å². The largest absolute Gasteiger partial charge is 0.447 e. The summed E-state index contributed by atoms with van der Waals surface area (Å²) in [6, 6.07) is 9.72. The molecule has 0 spiro atoms. The van der Waals surface area contributed by atoms with Crippen LogP contribution >= 0.6 is 0 Å². The number of allylic oxidation sites excluding steroid dienone is 2. The topological polar surface area (TPSA) is 46.6 Å². The first kappa shape index (κ1) is 13.9. The van der Waals surface area contributed by atoms with Gasteiger partial charge >= 0.3 is 6.09 Å². The molecule has 110 valence electrons. The maximum atomic E-state index is 12.6. The second-order valence-electron chi connectivity index (χ2n) is 5.61. The molecule has 21 heavy (non-hydrogen) atoms. The lowest BCUT2D eigenvalue weighted by molar-refractivity contribution is -0.133. The van der Waals surface area contributed by atoms with E-state index in [0.717, 1.165) is 24.8 Å². The Kier molecular flexibility index (Phi) is 4.04. The molecule has 3 rings (SSSR count). The highest BCUT2D eigenvalue weighted by molar-refractivity contribution is 5.95. The van der Waals surface area contributed by atoms with Crippen LogP contribution in [-0.2, 0) is 16.0 Å². The van der Waals surface area contributed by atoms with Crippen LogP contribution in [-0.4, -0.2) is 29.5 Å². The lowest BCUT2D eigenvalue weighted by Crippen LogP contribution is -2.43. The molecular formula is C17H19NO3. The van der Waals surface area contributed by atoms with Gasteiger partial charge in [-0.3, -0.25) is 4.79 Å². The summed E-state index contributed by atoms with van der Waals surface area (Å²) in [5.41, 5.74) is 1.11. The number of hydrogen-bond donors (Lipinski definition) is 0. The fourth-order valence-corrected chi connectivity index (χ4v) is 2.98. The number of carbonyl (C=O) groups is 2. The number of cyclic esters (lactones) is 1. The summed E-state index contributed by atoms with van der Waals surface area (Å²) < 4.78 is 5.11. The van der Waals surface area contributed by atoms with Crippen molar-refractivity contribution in [3.8, 4) is 0 Å². The Morgan fingerprint density at radius 1 is 1.24 bits per heavy atom. The lowest BCUT2D eigenvalue weighted by atomic mass is 9.92. The molecule has 1 saturated heterocycles. The maximum Gasteiger partial charge on any atom is 0.416 e. The third kappa shape index (κ3) is 2.99. The molecule has 0 bridgehead atoms. The zero-order valence-corrected chi connectivity index (χ0v) is 11.9. The molecule has 4 heteroatoms. The lowest BCUT2D eigenvalue weighted by Gasteiger charge is -2.25. The average Bonchev–Trinajstić information content (AvgIpc) is 2.89. The van der Waals surface area contributed by atoms with Crippen molar-refractivity contribution in [2.24, 2.45) is 5.92 Å². The van der Waals surface area contributed by atoms with Gasteiger partial charge in [0.2, 0.25) is 5.91 Å². The number of ether oxygens (including phenoxy) is 1. The van der Waals surface area contributed by atoms with Crippen LogP contribution in [0.3, 0.4) is 0 Å². The van der Waals surface area contributed by atoms with Gasteiger partial charge in [-0.25, -0.2) is 9.69 Å². The first-order chi connectivity index (χ1) is 10.3. The minimum absolute atomic E-state index is 0.0808. The van der Waals surface area contributed by atoms with Gasteiger partial charge < -0.3 is 4.74 Å². The summed E-state index contributed by atoms with van der Waals surface area (Å²) in [6.45, 7) is 0.294. The number of imide groups is 1. The summed E-state index contributed by atoms with van der Waals surface area (Å²) in [5, 5.41) is 0. The van der Waals surface area contributed by atoms with Crippen LogP contribution in [0.25, 0.3) is 0 Å². The van der Waals surface area contributed by atoms with Crippen molar-refractivity contribution >= 4 is 12.0 Å². The van der Waals surface area contributed by atoms with E-state index >= 15 is 0 Å². The normalized spacial score (nSPS) is 25.0. The Morgan fingerprint density at radius 2 is 2.05 bits per heavy atom. The third-order valence-corrected chi connectivity index (χ3v) is 4.13. The molecule has 0 N–H and O–H groups in total. The molecule has 1 aliphatic carbocycles. The van der Waals surface area contributed by atoms with Crippen molar-refractivity contribution in [3.05, 3.63) is 48.0 Å². The Hall–Kier alpha value is -2.10. The average molecular weight is 285 g/mol. The predicted octanol–water partition coefficient (Wildman–Crippen LogP) is 2.93. The molecule has 1 aromatic carbocycles. The number of hydrogen-bond acceptors (Lipinski definition) is 3. The Bertz CT molecular complexity index is 552. The van der Waals surface area contributed by atoms with E-state index in [4.69, 9.17) is 4.74 Å². The van der Waals surface area contributed by atoms with Crippen molar-refractivity contribution in [2.75, 3.05) is 6.61 Å². The van der Waals surface area contributed by atoms with Gasteiger partial charge in [0.1, 0.15) is 6.61 Å². The van der Waals surface area contributed by atoms with E-state index in [9.17, 15) is 9.59 Å². The minimum Gasteiger partial charge on any atom is -0.447 e. The van der Waals surface area contributed by atoms with E-state index in [2.05, 4.69) is 6.08 Å². The van der Waals surface area contributed by atoms with Crippen LogP contribution in [0.4, 0.5) is 4.79 Å². The molecule has 0 saturated carbocycles. The van der Waals surface area contributed by atoms with Crippen molar-refractivity contribution in [1.82, 2.24) is 4.90 Å². The summed E-state index contributed by atoms with van der Waals surface area (Å²) >= 11 is 0. The van der Waals surface area contributed by atoms with E-state index in [0.29, 0.717) is 13.0 Å². The van der Waals surface area contributed by atoms with Gasteiger partial charge in [0.25, 0.3) is 0 Å². The minimum atomic E-state index is -0.490. The first-order valence-corrected chi connectivity index (χ1v) is 7.44. The van der Waals surface area contributed by atoms with E-state index in [1.54, 1.807) is 0 Å². The van der Waals surface area contributed by atoms with Crippen LogP contribution in [0.15, 0.2) is 42.5 Å². The second kappa shape index (κ2) is 6.12. The molecule has 1 aromatic rings. The predicted molar refractivity (Wildman–Crippen MR) is 78.6 cm³/mol. The molecule has 2 atom stereocenters. The summed E-state index contributed by atoms with van der Waals surface area (Å²) in [6.07, 6.45) is 6.73. The van der Waals surface area contributed by atoms with Crippen LogP contribution in [0.1, 0.15) is 24.8 Å². The van der Waals surface area contributed by atoms with Crippen LogP contribution in [0, 0.1) is 5.92 Å². The number of benzene rings is 1. The van der Waals surface area contributed by atoms with Gasteiger partial charge in [0, 0.05) is 5.92 Å². The Morgan fingerprint density at radius 3 is 2.76 bits per heavy atom. The van der Waals surface area contributed by atoms with Crippen LogP contribution < -0.4 is 0 Å². The van der Waals surface area contributed by atoms with Crippen LogP contribution in [0.5, 0.6) is 0 Å². The number of carbonyl (C=O) groups excluding carboxylic acids is 2. The highest BCUT2D eigenvalue weighted by Crippen LogP contribution is 2.25. The van der Waals surface area contributed by atoms with E-state index in [1.807, 2.05) is 36.4 Å². The molecule has 0 radical (unpaired) electrons. The zero-order chi connectivity index (χ0) is 14.7. The third-order valence-electron chi connectivity index (χ3n) is 4.13. The van der Waals surface area contributed by atoms with E-state index in [-0.39, 0.29) is 17.9 Å². The van der Waals surface area contributed by atoms with Crippen molar-refractivity contribution < 1.29 is 14.3 Å². The van der Waals surface area contributed by atoms with E-state index in [1.165, 1.54) is 4.90 Å².